The quantitative estimate of drug-likeness (QED) is 0.761. The minimum absolute atomic E-state index is 0.0531. The van der Waals surface area contributed by atoms with Crippen LogP contribution in [0, 0.1) is 17.7 Å². The highest BCUT2D eigenvalue weighted by Crippen LogP contribution is 2.23. The Morgan fingerprint density at radius 3 is 2.61 bits per heavy atom. The van der Waals surface area contributed by atoms with Crippen molar-refractivity contribution in [3.05, 3.63) is 58.3 Å². The summed E-state index contributed by atoms with van der Waals surface area (Å²) >= 11 is 0. The summed E-state index contributed by atoms with van der Waals surface area (Å²) in [4.78, 5) is 28.9. The van der Waals surface area contributed by atoms with Crippen LogP contribution in [0.1, 0.15) is 24.8 Å². The maximum atomic E-state index is 13.0. The number of piperidine rings is 1. The van der Waals surface area contributed by atoms with Crippen LogP contribution in [0.4, 0.5) is 10.1 Å². The smallest absolute Gasteiger partial charge is 0.268 e. The van der Waals surface area contributed by atoms with Crippen molar-refractivity contribution in [2.45, 2.75) is 25.8 Å². The van der Waals surface area contributed by atoms with Gasteiger partial charge in [0.15, 0.2) is 0 Å². The first-order valence-electron chi connectivity index (χ1n) is 11.0. The molecule has 1 N–H and O–H groups in total. The first-order valence-corrected chi connectivity index (χ1v) is 11.0. The second kappa shape index (κ2) is 9.60. The largest absolute Gasteiger partial charge is 0.369 e. The molecule has 0 aliphatic carbocycles. The van der Waals surface area contributed by atoms with Gasteiger partial charge in [-0.05, 0) is 56.0 Å². The first kappa shape index (κ1) is 21.5. The number of anilines is 1. The summed E-state index contributed by atoms with van der Waals surface area (Å²) in [6, 6.07) is 8.28. The van der Waals surface area contributed by atoms with Crippen molar-refractivity contribution in [1.82, 2.24) is 20.0 Å². The number of likely N-dealkylation sites (tertiary alicyclic amines) is 1. The van der Waals surface area contributed by atoms with E-state index in [1.165, 1.54) is 16.8 Å². The van der Waals surface area contributed by atoms with Crippen LogP contribution < -0.4 is 15.8 Å². The zero-order chi connectivity index (χ0) is 21.8. The van der Waals surface area contributed by atoms with Crippen LogP contribution in [0.3, 0.4) is 0 Å². The molecule has 2 aromatic rings. The number of carbonyl (C=O) groups is 1. The summed E-state index contributed by atoms with van der Waals surface area (Å²) in [6.07, 6.45) is 4.58. The second-order valence-electron chi connectivity index (χ2n) is 8.70. The fourth-order valence-corrected chi connectivity index (χ4v) is 4.43. The molecule has 0 saturated carbocycles. The molecule has 1 unspecified atom stereocenters. The topological polar surface area (TPSA) is 70.5 Å². The van der Waals surface area contributed by atoms with Gasteiger partial charge in [0.1, 0.15) is 5.82 Å². The van der Waals surface area contributed by atoms with Crippen LogP contribution in [0.5, 0.6) is 0 Å². The van der Waals surface area contributed by atoms with Gasteiger partial charge in [0.2, 0.25) is 5.91 Å². The monoisotopic (exact) mass is 427 g/mol. The Kier molecular flexibility index (Phi) is 6.65. The van der Waals surface area contributed by atoms with Crippen molar-refractivity contribution in [3.8, 4) is 0 Å². The maximum absolute atomic E-state index is 13.0. The van der Waals surface area contributed by atoms with Gasteiger partial charge < -0.3 is 10.2 Å². The van der Waals surface area contributed by atoms with Crippen LogP contribution in [0.2, 0.25) is 0 Å². The van der Waals surface area contributed by atoms with E-state index in [9.17, 15) is 14.0 Å². The SMILES string of the molecule is Cn1ncc(N2CCC(C(=O)NCC3CCN(Cc4ccc(F)cc4)CC3)C2)cc1=O. The molecule has 7 nitrogen and oxygen atoms in total. The number of nitrogens with zero attached hydrogens (tertiary/aromatic N) is 4. The molecule has 0 radical (unpaired) electrons. The number of carbonyl (C=O) groups excluding carboxylic acids is 1. The Bertz CT molecular complexity index is 953. The number of hydrogen-bond acceptors (Lipinski definition) is 5. The summed E-state index contributed by atoms with van der Waals surface area (Å²) in [5.74, 6) is 0.344. The van der Waals surface area contributed by atoms with E-state index >= 15 is 0 Å². The van der Waals surface area contributed by atoms with Crippen molar-refractivity contribution in [2.24, 2.45) is 18.9 Å². The number of hydrogen-bond donors (Lipinski definition) is 1. The molecule has 3 heterocycles. The number of amides is 1. The van der Waals surface area contributed by atoms with E-state index in [1.54, 1.807) is 19.3 Å². The molecule has 0 bridgehead atoms. The van der Waals surface area contributed by atoms with Crippen molar-refractivity contribution in [3.63, 3.8) is 0 Å². The molecule has 31 heavy (non-hydrogen) atoms. The zero-order valence-electron chi connectivity index (χ0n) is 18.0. The van der Waals surface area contributed by atoms with Crippen LogP contribution >= 0.6 is 0 Å². The summed E-state index contributed by atoms with van der Waals surface area (Å²) in [5.41, 5.74) is 1.77. The van der Waals surface area contributed by atoms with E-state index in [0.29, 0.717) is 19.0 Å². The van der Waals surface area contributed by atoms with E-state index in [-0.39, 0.29) is 23.2 Å². The predicted molar refractivity (Wildman–Crippen MR) is 117 cm³/mol. The number of aryl methyl sites for hydroxylation is 1. The minimum Gasteiger partial charge on any atom is -0.369 e. The first-order chi connectivity index (χ1) is 15.0. The van der Waals surface area contributed by atoms with Crippen molar-refractivity contribution in [2.75, 3.05) is 37.6 Å². The molecule has 2 aliphatic heterocycles. The fourth-order valence-electron chi connectivity index (χ4n) is 4.43. The average Bonchev–Trinajstić information content (AvgIpc) is 3.27. The lowest BCUT2D eigenvalue weighted by molar-refractivity contribution is -0.124. The summed E-state index contributed by atoms with van der Waals surface area (Å²) in [7, 11) is 1.62. The summed E-state index contributed by atoms with van der Waals surface area (Å²) < 4.78 is 14.4. The van der Waals surface area contributed by atoms with Gasteiger partial charge in [-0.1, -0.05) is 12.1 Å². The third kappa shape index (κ3) is 5.50. The molecule has 1 aromatic heterocycles. The molecule has 166 valence electrons. The lowest BCUT2D eigenvalue weighted by Crippen LogP contribution is -2.40. The van der Waals surface area contributed by atoms with E-state index in [1.807, 2.05) is 12.1 Å². The maximum Gasteiger partial charge on any atom is 0.268 e. The number of rotatable bonds is 6. The number of halogens is 1. The Morgan fingerprint density at radius 2 is 1.90 bits per heavy atom. The van der Waals surface area contributed by atoms with Gasteiger partial charge in [0.05, 0.1) is 17.8 Å². The predicted octanol–water partition coefficient (Wildman–Crippen LogP) is 1.77. The van der Waals surface area contributed by atoms with E-state index < -0.39 is 0 Å². The van der Waals surface area contributed by atoms with E-state index in [2.05, 4.69) is 20.2 Å². The third-order valence-electron chi connectivity index (χ3n) is 6.47. The molecule has 8 heteroatoms. The van der Waals surface area contributed by atoms with Gasteiger partial charge in [-0.15, -0.1) is 0 Å². The molecule has 2 aliphatic rings. The molecule has 1 amide bonds. The molecule has 1 atom stereocenters. The van der Waals surface area contributed by atoms with Gasteiger partial charge in [-0.2, -0.15) is 5.10 Å². The summed E-state index contributed by atoms with van der Waals surface area (Å²) in [5, 5.41) is 7.22. The number of aromatic nitrogens is 2. The van der Waals surface area contributed by atoms with Gasteiger partial charge in [-0.3, -0.25) is 14.5 Å². The molecular weight excluding hydrogens is 397 g/mol. The van der Waals surface area contributed by atoms with Gasteiger partial charge >= 0.3 is 0 Å². The van der Waals surface area contributed by atoms with Crippen LogP contribution in [0.15, 0.2) is 41.3 Å². The normalized spacial score (nSPS) is 20.2. The third-order valence-corrected chi connectivity index (χ3v) is 6.47. The lowest BCUT2D eigenvalue weighted by atomic mass is 9.96. The molecular formula is C23H30FN5O2. The zero-order valence-corrected chi connectivity index (χ0v) is 18.0. The average molecular weight is 428 g/mol. The Hall–Kier alpha value is -2.74. The van der Waals surface area contributed by atoms with Crippen molar-refractivity contribution in [1.29, 1.82) is 0 Å². The van der Waals surface area contributed by atoms with Gasteiger partial charge in [-0.25, -0.2) is 9.07 Å². The Labute approximate surface area is 181 Å². The van der Waals surface area contributed by atoms with Crippen molar-refractivity contribution >= 4 is 11.6 Å². The molecule has 1 aromatic carbocycles. The van der Waals surface area contributed by atoms with Gasteiger partial charge in [0, 0.05) is 39.3 Å². The second-order valence-corrected chi connectivity index (χ2v) is 8.70. The minimum atomic E-state index is -0.201. The Morgan fingerprint density at radius 1 is 1.16 bits per heavy atom. The molecule has 2 saturated heterocycles. The van der Waals surface area contributed by atoms with Crippen LogP contribution in [-0.4, -0.2) is 53.3 Å². The van der Waals surface area contributed by atoms with E-state index in [0.717, 1.165) is 56.7 Å². The van der Waals surface area contributed by atoms with Crippen LogP contribution in [-0.2, 0) is 18.4 Å². The molecule has 0 spiro atoms. The highest BCUT2D eigenvalue weighted by Gasteiger charge is 2.29. The molecule has 2 fully saturated rings. The van der Waals surface area contributed by atoms with Crippen molar-refractivity contribution < 1.29 is 9.18 Å². The summed E-state index contributed by atoms with van der Waals surface area (Å²) in [6.45, 7) is 4.92. The standard InChI is InChI=1S/C23H30FN5O2/c1-27-22(30)12-21(14-26-27)29-11-8-19(16-29)23(31)25-13-17-6-9-28(10-7-17)15-18-2-4-20(24)5-3-18/h2-5,12,14,17,19H,6-11,13,15-16H2,1H3,(H,25,31). The highest BCUT2D eigenvalue weighted by molar-refractivity contribution is 5.80. The van der Waals surface area contributed by atoms with Crippen LogP contribution in [0.25, 0.3) is 0 Å². The highest BCUT2D eigenvalue weighted by atomic mass is 19.1. The lowest BCUT2D eigenvalue weighted by Gasteiger charge is -2.32. The van der Waals surface area contributed by atoms with Gasteiger partial charge in [0.25, 0.3) is 5.56 Å². The number of nitrogens with one attached hydrogen (secondary N) is 1. The number of benzene rings is 1. The molecule has 4 rings (SSSR count). The van der Waals surface area contributed by atoms with E-state index in [4.69, 9.17) is 0 Å². The fraction of sp³-hybridized carbons (Fsp3) is 0.522. The Balaban J connectivity index is 1.19.